The number of nitrogens with zero attached hydrogens (tertiary/aromatic N) is 3. The van der Waals surface area contributed by atoms with E-state index >= 15 is 0 Å². The van der Waals surface area contributed by atoms with Crippen LogP contribution >= 0.6 is 0 Å². The molecular weight excluding hydrogens is 462 g/mol. The van der Waals surface area contributed by atoms with Crippen molar-refractivity contribution in [3.05, 3.63) is 77.6 Å². The maximum absolute atomic E-state index is 9.70. The molecule has 1 aliphatic heterocycles. The van der Waals surface area contributed by atoms with Crippen molar-refractivity contribution in [2.45, 2.75) is 45.8 Å². The molecule has 6 nitrogen and oxygen atoms in total. The number of hydrogen-bond acceptors (Lipinski definition) is 6. The summed E-state index contributed by atoms with van der Waals surface area (Å²) >= 11 is 0. The Hall–Kier alpha value is -2.93. The molecule has 0 amide bonds. The smallest absolute Gasteiger partial charge is 0.122 e. The summed E-state index contributed by atoms with van der Waals surface area (Å²) in [6.07, 6.45) is 6.32. The molecule has 1 aliphatic rings. The molecule has 1 aromatic heterocycles. The molecule has 3 aromatic rings. The van der Waals surface area contributed by atoms with Gasteiger partial charge in [-0.3, -0.25) is 4.98 Å². The highest BCUT2D eigenvalue weighted by atomic mass is 16.5. The Morgan fingerprint density at radius 2 is 1.54 bits per heavy atom. The van der Waals surface area contributed by atoms with E-state index in [-0.39, 0.29) is 6.10 Å². The van der Waals surface area contributed by atoms with Gasteiger partial charge in [0.1, 0.15) is 11.5 Å². The van der Waals surface area contributed by atoms with Crippen molar-refractivity contribution < 1.29 is 14.6 Å². The Kier molecular flexibility index (Phi) is 9.94. The molecular formula is C31H41N3O3. The maximum atomic E-state index is 9.70. The first kappa shape index (κ1) is 27.1. The van der Waals surface area contributed by atoms with Gasteiger partial charge in [0.15, 0.2) is 0 Å². The van der Waals surface area contributed by atoms with Crippen LogP contribution in [0.25, 0.3) is 11.1 Å². The highest BCUT2D eigenvalue weighted by Crippen LogP contribution is 2.35. The standard InChI is InChI=1S/C31H41N3O3/c1-24-28(8-4-10-30(24)36-20-6-17-33(3)22-26-12-15-32-16-13-26)29-9-5-11-31(25(29)2)37-21-7-18-34-19-14-27(35)23-34/h4-5,8-13,15-16,27,35H,6-7,14,17-23H2,1-3H3. The Bertz CT molecular complexity index is 1120. The lowest BCUT2D eigenvalue weighted by atomic mass is 9.95. The van der Waals surface area contributed by atoms with E-state index < -0.39 is 0 Å². The van der Waals surface area contributed by atoms with Crippen molar-refractivity contribution in [3.8, 4) is 22.6 Å². The van der Waals surface area contributed by atoms with Crippen molar-refractivity contribution in [3.63, 3.8) is 0 Å². The van der Waals surface area contributed by atoms with Crippen molar-refractivity contribution >= 4 is 0 Å². The van der Waals surface area contributed by atoms with Gasteiger partial charge in [-0.2, -0.15) is 0 Å². The Morgan fingerprint density at radius 3 is 2.14 bits per heavy atom. The quantitative estimate of drug-likeness (QED) is 0.328. The highest BCUT2D eigenvalue weighted by Gasteiger charge is 2.19. The number of rotatable bonds is 13. The molecule has 1 atom stereocenters. The normalized spacial score (nSPS) is 15.9. The summed E-state index contributed by atoms with van der Waals surface area (Å²) in [5.41, 5.74) is 5.94. The van der Waals surface area contributed by atoms with Gasteiger partial charge in [-0.15, -0.1) is 0 Å². The number of aliphatic hydroxyl groups excluding tert-OH is 1. The third-order valence-corrected chi connectivity index (χ3v) is 7.13. The fraction of sp³-hybridized carbons (Fsp3) is 0.452. The SMILES string of the molecule is Cc1c(OCCCN(C)Cc2ccncc2)cccc1-c1cccc(OCCCN2CCC(O)C2)c1C. The van der Waals surface area contributed by atoms with E-state index in [0.717, 1.165) is 74.6 Å². The summed E-state index contributed by atoms with van der Waals surface area (Å²) in [5.74, 6) is 1.87. The summed E-state index contributed by atoms with van der Waals surface area (Å²) in [5, 5.41) is 9.70. The van der Waals surface area contributed by atoms with Crippen LogP contribution in [0.5, 0.6) is 11.5 Å². The predicted octanol–water partition coefficient (Wildman–Crippen LogP) is 5.10. The lowest BCUT2D eigenvalue weighted by molar-refractivity contribution is 0.173. The van der Waals surface area contributed by atoms with Crippen LogP contribution in [-0.4, -0.2) is 72.4 Å². The van der Waals surface area contributed by atoms with Crippen LogP contribution in [0.1, 0.15) is 36.0 Å². The number of likely N-dealkylation sites (tertiary alicyclic amines) is 1. The highest BCUT2D eigenvalue weighted by molar-refractivity contribution is 5.74. The molecule has 0 bridgehead atoms. The van der Waals surface area contributed by atoms with Crippen LogP contribution in [0.2, 0.25) is 0 Å². The van der Waals surface area contributed by atoms with Gasteiger partial charge < -0.3 is 24.4 Å². The van der Waals surface area contributed by atoms with Crippen LogP contribution < -0.4 is 9.47 Å². The van der Waals surface area contributed by atoms with Gasteiger partial charge in [0.05, 0.1) is 19.3 Å². The summed E-state index contributed by atoms with van der Waals surface area (Å²) in [7, 11) is 2.14. The molecule has 6 heteroatoms. The van der Waals surface area contributed by atoms with E-state index in [0.29, 0.717) is 13.2 Å². The first-order chi connectivity index (χ1) is 18.0. The van der Waals surface area contributed by atoms with E-state index in [2.05, 4.69) is 84.2 Å². The Labute approximate surface area is 221 Å². The van der Waals surface area contributed by atoms with Gasteiger partial charge in [0.25, 0.3) is 0 Å². The van der Waals surface area contributed by atoms with E-state index in [1.807, 2.05) is 12.4 Å². The number of aliphatic hydroxyl groups is 1. The number of benzene rings is 2. The average molecular weight is 504 g/mol. The minimum absolute atomic E-state index is 0.165. The Morgan fingerprint density at radius 1 is 0.919 bits per heavy atom. The van der Waals surface area contributed by atoms with Gasteiger partial charge in [-0.05, 0) is 92.2 Å². The number of aromatic nitrogens is 1. The van der Waals surface area contributed by atoms with Gasteiger partial charge in [-0.1, -0.05) is 24.3 Å². The number of hydrogen-bond donors (Lipinski definition) is 1. The molecule has 198 valence electrons. The Balaban J connectivity index is 1.29. The molecule has 37 heavy (non-hydrogen) atoms. The van der Waals surface area contributed by atoms with Gasteiger partial charge >= 0.3 is 0 Å². The minimum Gasteiger partial charge on any atom is -0.493 e. The van der Waals surface area contributed by atoms with Crippen LogP contribution in [0, 0.1) is 13.8 Å². The van der Waals surface area contributed by atoms with E-state index in [9.17, 15) is 5.11 Å². The van der Waals surface area contributed by atoms with E-state index in [4.69, 9.17) is 9.47 Å². The third kappa shape index (κ3) is 7.78. The largest absolute Gasteiger partial charge is 0.493 e. The monoisotopic (exact) mass is 503 g/mol. The van der Waals surface area contributed by atoms with Crippen molar-refractivity contribution in [2.75, 3.05) is 46.4 Å². The van der Waals surface area contributed by atoms with Crippen LogP contribution in [0.3, 0.4) is 0 Å². The summed E-state index contributed by atoms with van der Waals surface area (Å²) in [6.45, 7) is 10.2. The molecule has 1 N–H and O–H groups in total. The maximum Gasteiger partial charge on any atom is 0.122 e. The zero-order valence-corrected chi connectivity index (χ0v) is 22.5. The second-order valence-corrected chi connectivity index (χ2v) is 10.1. The summed E-state index contributed by atoms with van der Waals surface area (Å²) < 4.78 is 12.4. The number of pyridine rings is 1. The van der Waals surface area contributed by atoms with Crippen molar-refractivity contribution in [2.24, 2.45) is 0 Å². The molecule has 4 rings (SSSR count). The minimum atomic E-state index is -0.165. The molecule has 0 radical (unpaired) electrons. The molecule has 2 heterocycles. The molecule has 2 aromatic carbocycles. The second kappa shape index (κ2) is 13.6. The lowest BCUT2D eigenvalue weighted by Crippen LogP contribution is -2.24. The second-order valence-electron chi connectivity index (χ2n) is 10.1. The fourth-order valence-corrected chi connectivity index (χ4v) is 5.01. The first-order valence-corrected chi connectivity index (χ1v) is 13.4. The van der Waals surface area contributed by atoms with Gasteiger partial charge in [0.2, 0.25) is 0 Å². The molecule has 0 spiro atoms. The predicted molar refractivity (Wildman–Crippen MR) is 149 cm³/mol. The number of β-amino-alcohol motifs (C(OH)–C–C–N with tert-alkyl or cyclic N) is 1. The third-order valence-electron chi connectivity index (χ3n) is 7.13. The summed E-state index contributed by atoms with van der Waals surface area (Å²) in [6, 6.07) is 16.7. The first-order valence-electron chi connectivity index (χ1n) is 13.4. The lowest BCUT2D eigenvalue weighted by Gasteiger charge is -2.19. The van der Waals surface area contributed by atoms with Gasteiger partial charge in [-0.25, -0.2) is 0 Å². The van der Waals surface area contributed by atoms with Crippen molar-refractivity contribution in [1.29, 1.82) is 0 Å². The topological polar surface area (TPSA) is 58.1 Å². The average Bonchev–Trinajstić information content (AvgIpc) is 3.32. The molecule has 0 saturated carbocycles. The zero-order chi connectivity index (χ0) is 26.0. The number of ether oxygens (including phenoxy) is 2. The van der Waals surface area contributed by atoms with Crippen LogP contribution in [0.15, 0.2) is 60.9 Å². The summed E-state index contributed by atoms with van der Waals surface area (Å²) in [4.78, 5) is 8.71. The van der Waals surface area contributed by atoms with Crippen LogP contribution in [-0.2, 0) is 6.54 Å². The van der Waals surface area contributed by atoms with E-state index in [1.165, 1.54) is 16.7 Å². The van der Waals surface area contributed by atoms with Crippen LogP contribution in [0.4, 0.5) is 0 Å². The van der Waals surface area contributed by atoms with Gasteiger partial charge in [0, 0.05) is 45.1 Å². The van der Waals surface area contributed by atoms with E-state index in [1.54, 1.807) is 0 Å². The van der Waals surface area contributed by atoms with Crippen molar-refractivity contribution in [1.82, 2.24) is 14.8 Å². The molecule has 1 fully saturated rings. The molecule has 1 saturated heterocycles. The molecule has 0 aliphatic carbocycles. The fourth-order valence-electron chi connectivity index (χ4n) is 5.01. The molecule has 1 unspecified atom stereocenters. The zero-order valence-electron chi connectivity index (χ0n) is 22.5.